The first-order valence-corrected chi connectivity index (χ1v) is 14.5. The van der Waals surface area contributed by atoms with Crippen molar-refractivity contribution in [2.45, 2.75) is 38.4 Å². The fourth-order valence-corrected chi connectivity index (χ4v) is 4.39. The molecule has 50 heavy (non-hydrogen) atoms. The lowest BCUT2D eigenvalue weighted by Crippen LogP contribution is -2.51. The zero-order valence-electron chi connectivity index (χ0n) is 27.4. The summed E-state index contributed by atoms with van der Waals surface area (Å²) in [6, 6.07) is 9.68. The minimum absolute atomic E-state index is 0.0115. The molecule has 0 fully saturated rings. The molecule has 1 N–H and O–H groups in total. The lowest BCUT2D eigenvalue weighted by atomic mass is 10.0. The second-order valence-electron chi connectivity index (χ2n) is 10.8. The van der Waals surface area contributed by atoms with Crippen LogP contribution in [0.3, 0.4) is 0 Å². The molecule has 0 atom stereocenters. The van der Waals surface area contributed by atoms with Crippen LogP contribution in [0.15, 0.2) is 62.0 Å². The molecule has 0 aliphatic heterocycles. The number of hydrazine groups is 1. The Morgan fingerprint density at radius 1 is 1.06 bits per heavy atom. The highest BCUT2D eigenvalue weighted by Gasteiger charge is 2.76. The van der Waals surface area contributed by atoms with Crippen LogP contribution in [0.4, 0.5) is 36.4 Å². The van der Waals surface area contributed by atoms with Gasteiger partial charge in [0.25, 0.3) is 0 Å². The monoisotopic (exact) mass is 725 g/mol. The highest BCUT2D eigenvalue weighted by Crippen LogP contribution is 2.51. The van der Waals surface area contributed by atoms with Gasteiger partial charge in [0, 0.05) is 38.7 Å². The molecule has 0 saturated carbocycles. The molecule has 3 aromatic heterocycles. The molecule has 4 rings (SSSR count). The van der Waals surface area contributed by atoms with E-state index in [4.69, 9.17) is 11.6 Å². The number of nitriles is 1. The third kappa shape index (κ3) is 8.29. The quantitative estimate of drug-likeness (QED) is 0.135. The van der Waals surface area contributed by atoms with E-state index in [1.54, 1.807) is 25.1 Å². The van der Waals surface area contributed by atoms with Crippen molar-refractivity contribution in [3.05, 3.63) is 101 Å². The Kier molecular flexibility index (Phi) is 11.8. The maximum atomic E-state index is 14.4. The van der Waals surface area contributed by atoms with Gasteiger partial charge in [-0.3, -0.25) is 0 Å². The van der Waals surface area contributed by atoms with Crippen molar-refractivity contribution in [3.63, 3.8) is 0 Å². The van der Waals surface area contributed by atoms with Gasteiger partial charge >= 0.3 is 18.0 Å². The van der Waals surface area contributed by atoms with Gasteiger partial charge in [0.15, 0.2) is 5.82 Å². The number of pyridine rings is 1. The van der Waals surface area contributed by atoms with Crippen molar-refractivity contribution in [2.75, 3.05) is 26.5 Å². The summed E-state index contributed by atoms with van der Waals surface area (Å²) in [5, 5.41) is 29.6. The van der Waals surface area contributed by atoms with E-state index in [0.717, 1.165) is 5.70 Å². The van der Waals surface area contributed by atoms with Crippen LogP contribution in [0.25, 0.3) is 17.6 Å². The molecule has 0 spiro atoms. The average Bonchev–Trinajstić information content (AvgIpc) is 3.68. The summed E-state index contributed by atoms with van der Waals surface area (Å²) in [5.41, 5.74) is -2.22. The van der Waals surface area contributed by atoms with Crippen LogP contribution in [-0.4, -0.2) is 78.5 Å². The van der Waals surface area contributed by atoms with Gasteiger partial charge in [0.2, 0.25) is 5.82 Å². The maximum absolute atomic E-state index is 14.4. The van der Waals surface area contributed by atoms with E-state index >= 15 is 0 Å². The molecule has 0 aliphatic rings. The summed E-state index contributed by atoms with van der Waals surface area (Å²) in [6.07, 6.45) is -9.88. The van der Waals surface area contributed by atoms with Gasteiger partial charge in [-0.1, -0.05) is 37.4 Å². The molecule has 19 heteroatoms. The lowest BCUT2D eigenvalue weighted by Gasteiger charge is -2.26. The van der Waals surface area contributed by atoms with Gasteiger partial charge in [-0.15, -0.1) is 10.2 Å². The first kappa shape index (κ1) is 39.2. The topological polar surface area (TPSA) is 117 Å². The van der Waals surface area contributed by atoms with Gasteiger partial charge in [-0.25, -0.2) is 19.1 Å². The van der Waals surface area contributed by atoms with E-state index in [-0.39, 0.29) is 27.9 Å². The molecule has 0 radical (unpaired) electrons. The van der Waals surface area contributed by atoms with Crippen molar-refractivity contribution in [1.29, 1.82) is 5.26 Å². The number of hydrogen-bond donors (Lipinski definition) is 1. The Hall–Kier alpha value is -5.28. The predicted molar refractivity (Wildman–Crippen MR) is 173 cm³/mol. The van der Waals surface area contributed by atoms with E-state index < -0.39 is 30.4 Å². The normalized spacial score (nSPS) is 11.8. The number of benzene rings is 1. The zero-order chi connectivity index (χ0) is 37.8. The molecule has 266 valence electrons. The number of anilines is 1. The number of hydrogen-bond acceptors (Lipinski definition) is 9. The molecule has 0 bridgehead atoms. The lowest BCUT2D eigenvalue weighted by molar-refractivity contribution is -0.351. The number of nitrogens with one attached hydrogen (secondary N) is 1. The average molecular weight is 726 g/mol. The second-order valence-corrected chi connectivity index (χ2v) is 11.2. The van der Waals surface area contributed by atoms with Crippen molar-refractivity contribution >= 4 is 29.1 Å². The van der Waals surface area contributed by atoms with E-state index in [2.05, 4.69) is 50.5 Å². The van der Waals surface area contributed by atoms with Crippen LogP contribution in [0.1, 0.15) is 40.8 Å². The molecule has 0 saturated heterocycles. The fraction of sp³-hybridized carbons (Fsp3) is 0.290. The van der Waals surface area contributed by atoms with Crippen molar-refractivity contribution in [3.8, 4) is 11.9 Å². The molecule has 0 aliphatic carbocycles. The first-order valence-electron chi connectivity index (χ1n) is 14.2. The summed E-state index contributed by atoms with van der Waals surface area (Å²) in [5.74, 6) is -2.12. The molecule has 1 aromatic carbocycles. The molecule has 0 amide bonds. The number of allylic oxidation sites excluding steroid dienone is 1. The molecular weight excluding hydrogens is 695 g/mol. The Morgan fingerprint density at radius 2 is 1.70 bits per heavy atom. The number of tetrazole rings is 1. The van der Waals surface area contributed by atoms with E-state index in [1.807, 2.05) is 44.2 Å². The van der Waals surface area contributed by atoms with Gasteiger partial charge in [-0.05, 0) is 60.5 Å². The Labute approximate surface area is 287 Å². The van der Waals surface area contributed by atoms with Gasteiger partial charge in [0.05, 0.1) is 33.7 Å². The van der Waals surface area contributed by atoms with Crippen molar-refractivity contribution < 1.29 is 30.7 Å². The summed E-state index contributed by atoms with van der Waals surface area (Å²) in [6.45, 7) is 14.6. The third-order valence-electron chi connectivity index (χ3n) is 7.00. The van der Waals surface area contributed by atoms with E-state index in [1.165, 1.54) is 29.1 Å². The van der Waals surface area contributed by atoms with Crippen LogP contribution in [0, 0.1) is 18.3 Å². The first-order chi connectivity index (χ1) is 23.2. The van der Waals surface area contributed by atoms with Gasteiger partial charge in [-0.2, -0.15) is 41.5 Å². The summed E-state index contributed by atoms with van der Waals surface area (Å²) in [7, 11) is 5.94. The Balaban J connectivity index is 0.000000753. The smallest absolute Gasteiger partial charge is 0.354 e. The molecule has 11 nitrogen and oxygen atoms in total. The highest BCUT2D eigenvalue weighted by atomic mass is 35.5. The summed E-state index contributed by atoms with van der Waals surface area (Å²) in [4.78, 5) is 4.51. The molecule has 0 unspecified atom stereocenters. The molecular formula is C31H31ClF7N11. The summed E-state index contributed by atoms with van der Waals surface area (Å²) < 4.78 is 94.3. The second kappa shape index (κ2) is 15.1. The fourth-order valence-electron chi connectivity index (χ4n) is 4.19. The largest absolute Gasteiger partial charge is 0.439 e. The number of halogens is 8. The zero-order valence-corrected chi connectivity index (χ0v) is 28.1. The van der Waals surface area contributed by atoms with E-state index in [9.17, 15) is 36.0 Å². The van der Waals surface area contributed by atoms with Crippen LogP contribution < -0.4 is 5.32 Å². The van der Waals surface area contributed by atoms with Crippen molar-refractivity contribution in [1.82, 2.24) is 45.0 Å². The predicted octanol–water partition coefficient (Wildman–Crippen LogP) is 7.08. The number of aromatic nitrogens is 7. The van der Waals surface area contributed by atoms with Crippen LogP contribution in [-0.2, 0) is 12.2 Å². The summed E-state index contributed by atoms with van der Waals surface area (Å²) >= 11 is 6.30. The standard InChI is InChI=1S/C25H17ClF7N9.C6H14N2/c1-4-16-9-15(11-34)8-13(2)20(16)36-14(3)19-10-17(38-42(19)21-18(26)6-5-7-35-21)12-41-39-22(37-40-41)23(27,24(28,29)30)25(31,32)33;1-6(2)8(5)7(3)4/h4-10,36H,1,3,12H2,2H3;1H2,2-5H3. The highest BCUT2D eigenvalue weighted by molar-refractivity contribution is 6.32. The number of nitrogens with zero attached hydrogens (tertiary/aromatic N) is 10. The van der Waals surface area contributed by atoms with Crippen LogP contribution in [0.5, 0.6) is 0 Å². The maximum Gasteiger partial charge on any atom is 0.439 e. The Bertz CT molecular complexity index is 1910. The van der Waals surface area contributed by atoms with Crippen molar-refractivity contribution in [2.24, 2.45) is 0 Å². The molecule has 3 heterocycles. The minimum Gasteiger partial charge on any atom is -0.354 e. The number of rotatable bonds is 10. The molecule has 4 aromatic rings. The van der Waals surface area contributed by atoms with Gasteiger partial charge in [0.1, 0.15) is 6.54 Å². The van der Waals surface area contributed by atoms with Crippen LogP contribution in [0.2, 0.25) is 5.02 Å². The van der Waals surface area contributed by atoms with Gasteiger partial charge < -0.3 is 10.3 Å². The SMILES string of the molecule is C=C(C)N(C)N(C)C.C=Cc1cc(C#N)cc(C)c1NC(=C)c1cc(Cn2nnc(C(F)(C(F)(F)F)C(F)(F)F)n2)nn1-c1ncccc1Cl. The number of aryl methyl sites for hydroxylation is 1. The Morgan fingerprint density at radius 3 is 2.20 bits per heavy atom. The van der Waals surface area contributed by atoms with Crippen LogP contribution >= 0.6 is 11.6 Å². The number of alkyl halides is 7. The minimum atomic E-state index is -6.40. The third-order valence-corrected chi connectivity index (χ3v) is 7.29. The van der Waals surface area contributed by atoms with E-state index in [0.29, 0.717) is 27.2 Å².